The number of nitrogens with one attached hydrogen (secondary N) is 1. The van der Waals surface area contributed by atoms with Crippen LogP contribution in [0.5, 0.6) is 0 Å². The Labute approximate surface area is 136 Å². The van der Waals surface area contributed by atoms with Crippen LogP contribution in [0.3, 0.4) is 0 Å². The lowest BCUT2D eigenvalue weighted by Crippen LogP contribution is -2.45. The quantitative estimate of drug-likeness (QED) is 0.934. The van der Waals surface area contributed by atoms with E-state index in [9.17, 15) is 4.79 Å². The van der Waals surface area contributed by atoms with Crippen LogP contribution in [0.1, 0.15) is 36.0 Å². The third-order valence-corrected chi connectivity index (χ3v) is 4.72. The molecule has 1 atom stereocenters. The summed E-state index contributed by atoms with van der Waals surface area (Å²) in [6.07, 6.45) is 3.76. The zero-order valence-corrected chi connectivity index (χ0v) is 14.0. The van der Waals surface area contributed by atoms with Gasteiger partial charge in [-0.25, -0.2) is 4.79 Å². The summed E-state index contributed by atoms with van der Waals surface area (Å²) in [6, 6.07) is 4.11. The van der Waals surface area contributed by atoms with Crippen LogP contribution in [0.15, 0.2) is 18.5 Å². The normalized spacial score (nSPS) is 18.2. The summed E-state index contributed by atoms with van der Waals surface area (Å²) in [5, 5.41) is 11.2. The van der Waals surface area contributed by atoms with Gasteiger partial charge in [-0.1, -0.05) is 0 Å². The minimum Gasteiger partial charge on any atom is -0.350 e. The molecule has 7 nitrogen and oxygen atoms in total. The molecule has 0 aromatic carbocycles. The van der Waals surface area contributed by atoms with E-state index in [1.54, 1.807) is 6.33 Å². The molecule has 0 radical (unpaired) electrons. The van der Waals surface area contributed by atoms with Crippen molar-refractivity contribution in [1.82, 2.24) is 29.5 Å². The average Bonchev–Trinajstić information content (AvgIpc) is 3.12. The van der Waals surface area contributed by atoms with Gasteiger partial charge in [-0.3, -0.25) is 0 Å². The minimum absolute atomic E-state index is 0.00396. The Balaban J connectivity index is 1.59. The van der Waals surface area contributed by atoms with E-state index in [0.717, 1.165) is 30.9 Å². The maximum Gasteiger partial charge on any atom is 0.317 e. The largest absolute Gasteiger partial charge is 0.350 e. The van der Waals surface area contributed by atoms with Crippen molar-refractivity contribution < 1.29 is 4.79 Å². The molecule has 2 aromatic heterocycles. The molecule has 1 saturated heterocycles. The first kappa shape index (κ1) is 15.6. The van der Waals surface area contributed by atoms with Crippen LogP contribution in [-0.4, -0.2) is 43.4 Å². The number of aromatic nitrogens is 4. The molecule has 0 saturated carbocycles. The highest BCUT2D eigenvalue weighted by molar-refractivity contribution is 5.74. The van der Waals surface area contributed by atoms with Crippen LogP contribution in [0.4, 0.5) is 4.79 Å². The van der Waals surface area contributed by atoms with E-state index in [2.05, 4.69) is 33.1 Å². The van der Waals surface area contributed by atoms with Gasteiger partial charge in [0.1, 0.15) is 12.2 Å². The molecule has 2 aromatic rings. The first-order valence-corrected chi connectivity index (χ1v) is 8.04. The monoisotopic (exact) mass is 316 g/mol. The van der Waals surface area contributed by atoms with Crippen molar-refractivity contribution in [2.75, 3.05) is 13.1 Å². The Bertz CT molecular complexity index is 689. The summed E-state index contributed by atoms with van der Waals surface area (Å²) in [6.45, 7) is 4.10. The van der Waals surface area contributed by atoms with Crippen LogP contribution in [-0.2, 0) is 20.6 Å². The molecule has 124 valence electrons. The number of carbonyl (C=O) groups excluding carboxylic acids is 1. The standard InChI is InChI=1S/C16H24N6O/c1-12-6-7-14(21(12)3)9-17-16(23)22-8-4-5-13(10-22)15-19-18-11-20(15)2/h6-7,11,13H,4-5,8-10H2,1-3H3,(H,17,23)/t13-/m0/s1. The van der Waals surface area contributed by atoms with Gasteiger partial charge in [-0.15, -0.1) is 10.2 Å². The lowest BCUT2D eigenvalue weighted by Gasteiger charge is -2.32. The molecule has 0 bridgehead atoms. The van der Waals surface area contributed by atoms with Crippen molar-refractivity contribution in [2.24, 2.45) is 14.1 Å². The molecule has 3 heterocycles. The number of nitrogens with zero attached hydrogens (tertiary/aromatic N) is 5. The lowest BCUT2D eigenvalue weighted by molar-refractivity contribution is 0.177. The van der Waals surface area contributed by atoms with E-state index in [1.165, 1.54) is 5.69 Å². The number of hydrogen-bond donors (Lipinski definition) is 1. The number of aryl methyl sites for hydroxylation is 2. The van der Waals surface area contributed by atoms with E-state index >= 15 is 0 Å². The SMILES string of the molecule is Cc1ccc(CNC(=O)N2CCC[C@H](c3nncn3C)C2)n1C. The molecule has 2 amide bonds. The predicted molar refractivity (Wildman–Crippen MR) is 86.9 cm³/mol. The van der Waals surface area contributed by atoms with Gasteiger partial charge in [0.2, 0.25) is 0 Å². The molecule has 1 fully saturated rings. The second-order valence-corrected chi connectivity index (χ2v) is 6.27. The molecule has 7 heteroatoms. The van der Waals surface area contributed by atoms with Crippen LogP contribution < -0.4 is 5.32 Å². The Morgan fingerprint density at radius 1 is 1.39 bits per heavy atom. The Hall–Kier alpha value is -2.31. The molecule has 3 rings (SSSR count). The zero-order valence-electron chi connectivity index (χ0n) is 14.0. The fourth-order valence-electron chi connectivity index (χ4n) is 3.16. The topological polar surface area (TPSA) is 68.0 Å². The maximum atomic E-state index is 12.5. The van der Waals surface area contributed by atoms with Gasteiger partial charge in [-0.2, -0.15) is 0 Å². The summed E-state index contributed by atoms with van der Waals surface area (Å²) in [5.74, 6) is 1.22. The maximum absolute atomic E-state index is 12.5. The smallest absolute Gasteiger partial charge is 0.317 e. The number of urea groups is 1. The zero-order chi connectivity index (χ0) is 16.4. The van der Waals surface area contributed by atoms with Crippen LogP contribution in [0.2, 0.25) is 0 Å². The molecular formula is C16H24N6O. The van der Waals surface area contributed by atoms with Gasteiger partial charge >= 0.3 is 6.03 Å². The number of amides is 2. The second-order valence-electron chi connectivity index (χ2n) is 6.27. The summed E-state index contributed by atoms with van der Waals surface area (Å²) in [4.78, 5) is 14.3. The average molecular weight is 316 g/mol. The summed E-state index contributed by atoms with van der Waals surface area (Å²) in [7, 11) is 3.97. The molecule has 1 N–H and O–H groups in total. The molecular weight excluding hydrogens is 292 g/mol. The highest BCUT2D eigenvalue weighted by Gasteiger charge is 2.27. The fraction of sp³-hybridized carbons (Fsp3) is 0.562. The first-order valence-electron chi connectivity index (χ1n) is 8.04. The summed E-state index contributed by atoms with van der Waals surface area (Å²) >= 11 is 0. The highest BCUT2D eigenvalue weighted by atomic mass is 16.2. The molecule has 0 aliphatic carbocycles. The molecule has 1 aliphatic rings. The van der Waals surface area contributed by atoms with Crippen molar-refractivity contribution in [3.8, 4) is 0 Å². The van der Waals surface area contributed by atoms with Crippen molar-refractivity contribution in [3.05, 3.63) is 35.7 Å². The number of hydrogen-bond acceptors (Lipinski definition) is 3. The molecule has 23 heavy (non-hydrogen) atoms. The van der Waals surface area contributed by atoms with E-state index in [0.29, 0.717) is 13.1 Å². The third-order valence-electron chi connectivity index (χ3n) is 4.72. The fourth-order valence-corrected chi connectivity index (χ4v) is 3.16. The Morgan fingerprint density at radius 3 is 2.87 bits per heavy atom. The van der Waals surface area contributed by atoms with Gasteiger partial charge in [0.05, 0.1) is 6.54 Å². The minimum atomic E-state index is -0.00396. The lowest BCUT2D eigenvalue weighted by atomic mass is 9.97. The number of piperidine rings is 1. The summed E-state index contributed by atoms with van der Waals surface area (Å²) < 4.78 is 4.04. The third kappa shape index (κ3) is 3.23. The second kappa shape index (κ2) is 6.44. The Kier molecular flexibility index (Phi) is 4.36. The number of carbonyl (C=O) groups is 1. The number of likely N-dealkylation sites (tertiary alicyclic amines) is 1. The van der Waals surface area contributed by atoms with E-state index in [4.69, 9.17) is 0 Å². The molecule has 0 spiro atoms. The molecule has 0 unspecified atom stereocenters. The van der Waals surface area contributed by atoms with Gasteiger partial charge in [0, 0.05) is 44.5 Å². The van der Waals surface area contributed by atoms with E-state index in [-0.39, 0.29) is 11.9 Å². The van der Waals surface area contributed by atoms with Crippen LogP contribution >= 0.6 is 0 Å². The number of rotatable bonds is 3. The van der Waals surface area contributed by atoms with Gasteiger partial charge in [0.25, 0.3) is 0 Å². The van der Waals surface area contributed by atoms with Crippen molar-refractivity contribution >= 4 is 6.03 Å². The summed E-state index contributed by atoms with van der Waals surface area (Å²) in [5.41, 5.74) is 2.30. The van der Waals surface area contributed by atoms with E-state index in [1.807, 2.05) is 29.6 Å². The van der Waals surface area contributed by atoms with Crippen molar-refractivity contribution in [1.29, 1.82) is 0 Å². The molecule has 1 aliphatic heterocycles. The van der Waals surface area contributed by atoms with Gasteiger partial charge in [-0.05, 0) is 31.9 Å². The first-order chi connectivity index (χ1) is 11.1. The van der Waals surface area contributed by atoms with Crippen molar-refractivity contribution in [2.45, 2.75) is 32.2 Å². The highest BCUT2D eigenvalue weighted by Crippen LogP contribution is 2.24. The van der Waals surface area contributed by atoms with Gasteiger partial charge in [0.15, 0.2) is 0 Å². The van der Waals surface area contributed by atoms with Gasteiger partial charge < -0.3 is 19.4 Å². The van der Waals surface area contributed by atoms with Crippen LogP contribution in [0.25, 0.3) is 0 Å². The van der Waals surface area contributed by atoms with Crippen molar-refractivity contribution in [3.63, 3.8) is 0 Å². The predicted octanol–water partition coefficient (Wildman–Crippen LogP) is 1.55. The van der Waals surface area contributed by atoms with Crippen LogP contribution in [0, 0.1) is 6.92 Å². The Morgan fingerprint density at radius 2 is 2.22 bits per heavy atom. The van der Waals surface area contributed by atoms with E-state index < -0.39 is 0 Å².